The number of carbonyl (C=O) groups excluding carboxylic acids is 1. The molecule has 1 aliphatic carbocycles. The number of hydrogen-bond acceptors (Lipinski definition) is 3. The molecule has 0 aromatic heterocycles. The van der Waals surface area contributed by atoms with Gasteiger partial charge in [0.05, 0.1) is 14.2 Å². The summed E-state index contributed by atoms with van der Waals surface area (Å²) in [5, 5.41) is 0. The van der Waals surface area contributed by atoms with E-state index in [-0.39, 0.29) is 11.5 Å². The average molecular weight is 190 g/mol. The van der Waals surface area contributed by atoms with Gasteiger partial charge in [0.25, 0.3) is 0 Å². The van der Waals surface area contributed by atoms with E-state index in [1.165, 1.54) is 14.2 Å². The number of carbonyl (C=O) groups is 1. The second-order valence-electron chi connectivity index (χ2n) is 2.94. The highest BCUT2D eigenvalue weighted by Crippen LogP contribution is 2.32. The van der Waals surface area contributed by atoms with Crippen LogP contribution in [0.2, 0.25) is 0 Å². The third-order valence-corrected chi connectivity index (χ3v) is 2.24. The molecule has 0 aliphatic heterocycles. The summed E-state index contributed by atoms with van der Waals surface area (Å²) < 4.78 is 10.2. The van der Waals surface area contributed by atoms with Crippen LogP contribution in [0.5, 0.6) is 0 Å². The fraction of sp³-hybridized carbons (Fsp3) is 0.182. The van der Waals surface area contributed by atoms with Crippen molar-refractivity contribution in [3.63, 3.8) is 0 Å². The molecule has 0 bridgehead atoms. The SMILES string of the molecule is COC1=C(OC)c2ccccc2C1=O. The van der Waals surface area contributed by atoms with Crippen LogP contribution in [-0.2, 0) is 9.47 Å². The molecule has 2 rings (SSSR count). The van der Waals surface area contributed by atoms with Crippen LogP contribution in [0.3, 0.4) is 0 Å². The zero-order valence-electron chi connectivity index (χ0n) is 8.03. The van der Waals surface area contributed by atoms with E-state index in [4.69, 9.17) is 9.47 Å². The van der Waals surface area contributed by atoms with Crippen molar-refractivity contribution in [2.24, 2.45) is 0 Å². The molecule has 72 valence electrons. The van der Waals surface area contributed by atoms with Gasteiger partial charge in [0, 0.05) is 11.1 Å². The lowest BCUT2D eigenvalue weighted by molar-refractivity contribution is 0.0956. The maximum Gasteiger partial charge on any atom is 0.232 e. The van der Waals surface area contributed by atoms with E-state index in [9.17, 15) is 4.79 Å². The van der Waals surface area contributed by atoms with Crippen LogP contribution < -0.4 is 0 Å². The highest BCUT2D eigenvalue weighted by Gasteiger charge is 2.31. The molecule has 1 aliphatic rings. The number of methoxy groups -OCH3 is 2. The number of fused-ring (bicyclic) bond motifs is 1. The third-order valence-electron chi connectivity index (χ3n) is 2.24. The number of Topliss-reactive ketones (excluding diaryl/α,β-unsaturated/α-hetero) is 1. The maximum atomic E-state index is 11.7. The van der Waals surface area contributed by atoms with Gasteiger partial charge in [-0.2, -0.15) is 0 Å². The van der Waals surface area contributed by atoms with Crippen LogP contribution in [0.25, 0.3) is 5.76 Å². The molecule has 0 N–H and O–H groups in total. The summed E-state index contributed by atoms with van der Waals surface area (Å²) in [4.78, 5) is 11.7. The monoisotopic (exact) mass is 190 g/mol. The van der Waals surface area contributed by atoms with Crippen molar-refractivity contribution in [3.05, 3.63) is 41.2 Å². The molecule has 0 spiro atoms. The zero-order valence-corrected chi connectivity index (χ0v) is 8.03. The Balaban J connectivity index is 2.63. The molecule has 14 heavy (non-hydrogen) atoms. The molecular weight excluding hydrogens is 180 g/mol. The predicted octanol–water partition coefficient (Wildman–Crippen LogP) is 1.84. The highest BCUT2D eigenvalue weighted by atomic mass is 16.5. The van der Waals surface area contributed by atoms with Gasteiger partial charge in [-0.25, -0.2) is 0 Å². The summed E-state index contributed by atoms with van der Waals surface area (Å²) in [6.45, 7) is 0. The molecule has 0 unspecified atom stereocenters. The Bertz CT molecular complexity index is 418. The second kappa shape index (κ2) is 3.18. The summed E-state index contributed by atoms with van der Waals surface area (Å²) in [6, 6.07) is 7.30. The van der Waals surface area contributed by atoms with E-state index in [0.717, 1.165) is 5.56 Å². The van der Waals surface area contributed by atoms with E-state index < -0.39 is 0 Å². The van der Waals surface area contributed by atoms with E-state index in [0.29, 0.717) is 11.3 Å². The van der Waals surface area contributed by atoms with Crippen LogP contribution >= 0.6 is 0 Å². The van der Waals surface area contributed by atoms with Gasteiger partial charge in [0.15, 0.2) is 5.76 Å². The van der Waals surface area contributed by atoms with Crippen LogP contribution in [0.1, 0.15) is 15.9 Å². The van der Waals surface area contributed by atoms with Gasteiger partial charge in [0.1, 0.15) is 0 Å². The molecule has 1 aromatic rings. The minimum absolute atomic E-state index is 0.111. The van der Waals surface area contributed by atoms with Gasteiger partial charge in [-0.05, 0) is 0 Å². The summed E-state index contributed by atoms with van der Waals surface area (Å²) >= 11 is 0. The van der Waals surface area contributed by atoms with E-state index in [1.54, 1.807) is 6.07 Å². The Hall–Kier alpha value is -1.77. The lowest BCUT2D eigenvalue weighted by atomic mass is 10.1. The first-order chi connectivity index (χ1) is 6.79. The van der Waals surface area contributed by atoms with Crippen LogP contribution in [0, 0.1) is 0 Å². The van der Waals surface area contributed by atoms with Gasteiger partial charge < -0.3 is 9.47 Å². The average Bonchev–Trinajstić information content (AvgIpc) is 2.51. The van der Waals surface area contributed by atoms with E-state index in [1.807, 2.05) is 18.2 Å². The quantitative estimate of drug-likeness (QED) is 0.713. The van der Waals surface area contributed by atoms with Crippen LogP contribution in [0.15, 0.2) is 30.0 Å². The largest absolute Gasteiger partial charge is 0.492 e. The molecule has 0 fully saturated rings. The van der Waals surface area contributed by atoms with E-state index >= 15 is 0 Å². The summed E-state index contributed by atoms with van der Waals surface area (Å²) in [5.41, 5.74) is 1.44. The molecule has 0 saturated carbocycles. The van der Waals surface area contributed by atoms with Crippen molar-refractivity contribution in [1.29, 1.82) is 0 Å². The smallest absolute Gasteiger partial charge is 0.232 e. The Morgan fingerprint density at radius 3 is 2.07 bits per heavy atom. The minimum Gasteiger partial charge on any atom is -0.492 e. The summed E-state index contributed by atoms with van der Waals surface area (Å²) in [5.74, 6) is 0.696. The Labute approximate surface area is 81.9 Å². The fourth-order valence-electron chi connectivity index (χ4n) is 1.61. The van der Waals surface area contributed by atoms with Crippen LogP contribution in [0.4, 0.5) is 0 Å². The summed E-state index contributed by atoms with van der Waals surface area (Å²) in [6.07, 6.45) is 0. The normalized spacial score (nSPS) is 14.3. The first-order valence-corrected chi connectivity index (χ1v) is 4.26. The number of ether oxygens (including phenoxy) is 2. The number of hydrogen-bond donors (Lipinski definition) is 0. The molecule has 0 amide bonds. The van der Waals surface area contributed by atoms with E-state index in [2.05, 4.69) is 0 Å². The number of allylic oxidation sites excluding steroid dienone is 1. The molecule has 0 radical (unpaired) electrons. The molecule has 0 saturated heterocycles. The zero-order chi connectivity index (χ0) is 10.1. The number of rotatable bonds is 2. The number of benzene rings is 1. The summed E-state index contributed by atoms with van der Waals surface area (Å²) in [7, 11) is 3.00. The van der Waals surface area contributed by atoms with Crippen molar-refractivity contribution >= 4 is 11.5 Å². The lowest BCUT2D eigenvalue weighted by Crippen LogP contribution is -2.00. The predicted molar refractivity (Wildman–Crippen MR) is 51.7 cm³/mol. The van der Waals surface area contributed by atoms with Gasteiger partial charge in [0.2, 0.25) is 11.5 Å². The topological polar surface area (TPSA) is 35.5 Å². The maximum absolute atomic E-state index is 11.7. The van der Waals surface area contributed by atoms with Gasteiger partial charge in [-0.3, -0.25) is 4.79 Å². The Morgan fingerprint density at radius 1 is 0.929 bits per heavy atom. The number of ketones is 1. The third kappa shape index (κ3) is 1.02. The second-order valence-corrected chi connectivity index (χ2v) is 2.94. The Morgan fingerprint density at radius 2 is 1.50 bits per heavy atom. The molecule has 3 nitrogen and oxygen atoms in total. The Kier molecular flexibility index (Phi) is 2.00. The first kappa shape index (κ1) is 8.81. The van der Waals surface area contributed by atoms with Crippen LogP contribution in [-0.4, -0.2) is 20.0 Å². The van der Waals surface area contributed by atoms with Crippen molar-refractivity contribution in [2.75, 3.05) is 14.2 Å². The first-order valence-electron chi connectivity index (χ1n) is 4.26. The highest BCUT2D eigenvalue weighted by molar-refractivity contribution is 6.18. The van der Waals surface area contributed by atoms with Crippen molar-refractivity contribution < 1.29 is 14.3 Å². The molecule has 0 heterocycles. The fourth-order valence-corrected chi connectivity index (χ4v) is 1.61. The van der Waals surface area contributed by atoms with Crippen molar-refractivity contribution in [3.8, 4) is 0 Å². The molecule has 3 heteroatoms. The lowest BCUT2D eigenvalue weighted by Gasteiger charge is -2.03. The molecule has 0 atom stereocenters. The van der Waals surface area contributed by atoms with Crippen molar-refractivity contribution in [1.82, 2.24) is 0 Å². The van der Waals surface area contributed by atoms with Crippen molar-refractivity contribution in [2.45, 2.75) is 0 Å². The standard InChI is InChI=1S/C11H10O3/c1-13-10-8-6-4-3-5-7(8)9(12)11(10)14-2/h3-6H,1-2H3. The van der Waals surface area contributed by atoms with Gasteiger partial charge in [-0.1, -0.05) is 24.3 Å². The minimum atomic E-state index is -0.111. The molecule has 1 aromatic carbocycles. The van der Waals surface area contributed by atoms with Gasteiger partial charge in [-0.15, -0.1) is 0 Å². The van der Waals surface area contributed by atoms with Gasteiger partial charge >= 0.3 is 0 Å². The molecular formula is C11H10O3.